The van der Waals surface area contributed by atoms with Gasteiger partial charge in [0.1, 0.15) is 11.5 Å². The van der Waals surface area contributed by atoms with Gasteiger partial charge in [-0.25, -0.2) is 0 Å². The molecule has 0 radical (unpaired) electrons. The molecule has 0 aliphatic carbocycles. The number of amides is 1. The monoisotopic (exact) mass is 478 g/mol. The Morgan fingerprint density at radius 1 is 0.917 bits per heavy atom. The molecule has 1 aromatic heterocycles. The van der Waals surface area contributed by atoms with Gasteiger partial charge in [0.05, 0.1) is 12.6 Å². The summed E-state index contributed by atoms with van der Waals surface area (Å²) in [5, 5.41) is 15.7. The van der Waals surface area contributed by atoms with Crippen molar-refractivity contribution in [3.63, 3.8) is 0 Å². The minimum atomic E-state index is -0.173. The van der Waals surface area contributed by atoms with E-state index in [1.165, 1.54) is 12.7 Å². The molecule has 0 spiro atoms. The first-order valence-corrected chi connectivity index (χ1v) is 11.7. The fraction of sp³-hybridized carbons (Fsp3) is 0.133. The van der Waals surface area contributed by atoms with Crippen LogP contribution >= 0.6 is 0 Å². The maximum atomic E-state index is 13.0. The van der Waals surface area contributed by atoms with E-state index in [2.05, 4.69) is 30.2 Å². The van der Waals surface area contributed by atoms with E-state index in [1.54, 1.807) is 24.4 Å². The molecule has 5 aromatic rings. The number of rotatable bonds is 6. The quantitative estimate of drug-likeness (QED) is 0.268. The molecule has 5 rings (SSSR count). The molecule has 6 heteroatoms. The summed E-state index contributed by atoms with van der Waals surface area (Å²) in [7, 11) is 1.49. The van der Waals surface area contributed by atoms with Crippen molar-refractivity contribution in [2.24, 2.45) is 0 Å². The molecule has 0 unspecified atom stereocenters. The first-order chi connectivity index (χ1) is 17.4. The van der Waals surface area contributed by atoms with E-state index in [9.17, 15) is 9.90 Å². The van der Waals surface area contributed by atoms with Crippen molar-refractivity contribution in [2.75, 3.05) is 12.4 Å². The second-order valence-corrected chi connectivity index (χ2v) is 8.91. The zero-order chi connectivity index (χ0) is 25.2. The summed E-state index contributed by atoms with van der Waals surface area (Å²) in [5.74, 6) is 1.72. The first-order valence-electron chi connectivity index (χ1n) is 11.7. The molecular weight excluding hydrogens is 452 g/mol. The molecule has 180 valence electrons. The number of hydrogen-bond donors (Lipinski definition) is 2. The third kappa shape index (κ3) is 4.66. The number of phenolic OH excluding ortho intramolecular Hbond substituents is 1. The second kappa shape index (κ2) is 9.58. The Morgan fingerprint density at radius 2 is 1.75 bits per heavy atom. The highest BCUT2D eigenvalue weighted by atomic mass is 16.5. The number of anilines is 1. The number of nitrogens with zero attached hydrogens (tertiary/aromatic N) is 1. The van der Waals surface area contributed by atoms with Gasteiger partial charge in [0.15, 0.2) is 11.5 Å². The van der Waals surface area contributed by atoms with Crippen LogP contribution in [-0.4, -0.2) is 23.1 Å². The fourth-order valence-electron chi connectivity index (χ4n) is 4.12. The van der Waals surface area contributed by atoms with E-state index < -0.39 is 0 Å². The van der Waals surface area contributed by atoms with Crippen molar-refractivity contribution in [3.05, 3.63) is 96.2 Å². The molecule has 4 aromatic carbocycles. The van der Waals surface area contributed by atoms with Crippen LogP contribution in [0.25, 0.3) is 21.7 Å². The lowest BCUT2D eigenvalue weighted by Crippen LogP contribution is -2.12. The summed E-state index contributed by atoms with van der Waals surface area (Å²) >= 11 is 0. The molecule has 0 aliphatic heterocycles. The minimum Gasteiger partial charge on any atom is -0.504 e. The van der Waals surface area contributed by atoms with Gasteiger partial charge < -0.3 is 19.9 Å². The van der Waals surface area contributed by atoms with Crippen LogP contribution in [0.15, 0.2) is 85.1 Å². The molecular formula is C30H26N2O4. The highest BCUT2D eigenvalue weighted by molar-refractivity contribution is 6.06. The summed E-state index contributed by atoms with van der Waals surface area (Å²) in [6.07, 6.45) is 1.64. The zero-order valence-electron chi connectivity index (χ0n) is 20.3. The van der Waals surface area contributed by atoms with Crippen LogP contribution in [0.5, 0.6) is 23.0 Å². The normalized spacial score (nSPS) is 11.1. The highest BCUT2D eigenvalue weighted by Crippen LogP contribution is 2.36. The number of benzene rings is 4. The predicted molar refractivity (Wildman–Crippen MR) is 142 cm³/mol. The number of ether oxygens (including phenoxy) is 2. The number of pyridine rings is 1. The number of fused-ring (bicyclic) bond motifs is 2. The molecule has 36 heavy (non-hydrogen) atoms. The number of aromatic nitrogens is 1. The molecule has 0 atom stereocenters. The van der Waals surface area contributed by atoms with Crippen LogP contribution in [0.4, 0.5) is 5.69 Å². The Balaban J connectivity index is 1.43. The number of carbonyl (C=O) groups excluding carboxylic acids is 1. The maximum Gasteiger partial charge on any atom is 0.255 e. The first kappa shape index (κ1) is 23.2. The lowest BCUT2D eigenvalue weighted by atomic mass is 10.0. The van der Waals surface area contributed by atoms with Gasteiger partial charge >= 0.3 is 0 Å². The molecule has 6 nitrogen and oxygen atoms in total. The summed E-state index contributed by atoms with van der Waals surface area (Å²) in [6.45, 7) is 4.25. The van der Waals surface area contributed by atoms with E-state index >= 15 is 0 Å². The summed E-state index contributed by atoms with van der Waals surface area (Å²) in [4.78, 5) is 17.3. The van der Waals surface area contributed by atoms with Gasteiger partial charge in [-0.1, -0.05) is 38.1 Å². The Kier molecular flexibility index (Phi) is 6.17. The molecule has 1 amide bonds. The summed E-state index contributed by atoms with van der Waals surface area (Å²) in [5.41, 5.74) is 3.14. The van der Waals surface area contributed by atoms with Crippen molar-refractivity contribution in [1.82, 2.24) is 4.98 Å². The molecule has 2 N–H and O–H groups in total. The van der Waals surface area contributed by atoms with Crippen molar-refractivity contribution in [2.45, 2.75) is 19.8 Å². The van der Waals surface area contributed by atoms with Gasteiger partial charge in [-0.05, 0) is 70.8 Å². The fourth-order valence-corrected chi connectivity index (χ4v) is 4.12. The van der Waals surface area contributed by atoms with E-state index in [1.807, 2.05) is 54.6 Å². The Morgan fingerprint density at radius 3 is 2.56 bits per heavy atom. The van der Waals surface area contributed by atoms with Crippen molar-refractivity contribution >= 4 is 33.3 Å². The summed E-state index contributed by atoms with van der Waals surface area (Å²) < 4.78 is 11.3. The van der Waals surface area contributed by atoms with E-state index in [4.69, 9.17) is 9.47 Å². The SMILES string of the molecule is COc1cc2nccc(Oc3ccc4ccc(C(=O)Nc5cccc(C(C)C)c5)cc4c3)c2cc1O. The van der Waals surface area contributed by atoms with Gasteiger partial charge in [0.25, 0.3) is 5.91 Å². The zero-order valence-corrected chi connectivity index (χ0v) is 20.3. The van der Waals surface area contributed by atoms with Crippen LogP contribution in [-0.2, 0) is 0 Å². The van der Waals surface area contributed by atoms with Gasteiger partial charge in [0, 0.05) is 28.9 Å². The van der Waals surface area contributed by atoms with E-state index in [0.717, 1.165) is 16.5 Å². The predicted octanol–water partition coefficient (Wildman–Crippen LogP) is 7.27. The molecule has 1 heterocycles. The Hall–Kier alpha value is -4.58. The van der Waals surface area contributed by atoms with Crippen molar-refractivity contribution in [1.29, 1.82) is 0 Å². The number of hydrogen-bond acceptors (Lipinski definition) is 5. The van der Waals surface area contributed by atoms with Gasteiger partial charge in [-0.15, -0.1) is 0 Å². The lowest BCUT2D eigenvalue weighted by molar-refractivity contribution is 0.102. The lowest BCUT2D eigenvalue weighted by Gasteiger charge is -2.12. The van der Waals surface area contributed by atoms with Crippen LogP contribution < -0.4 is 14.8 Å². The molecule has 0 fully saturated rings. The Bertz CT molecular complexity index is 1590. The molecule has 0 bridgehead atoms. The maximum absolute atomic E-state index is 13.0. The number of aromatic hydroxyl groups is 1. The van der Waals surface area contributed by atoms with Crippen LogP contribution in [0.2, 0.25) is 0 Å². The van der Waals surface area contributed by atoms with E-state index in [-0.39, 0.29) is 11.7 Å². The van der Waals surface area contributed by atoms with Gasteiger partial charge in [0.2, 0.25) is 0 Å². The topological polar surface area (TPSA) is 80.7 Å². The van der Waals surface area contributed by atoms with Gasteiger partial charge in [-0.2, -0.15) is 0 Å². The smallest absolute Gasteiger partial charge is 0.255 e. The minimum absolute atomic E-state index is 0.0101. The number of methoxy groups -OCH3 is 1. The second-order valence-electron chi connectivity index (χ2n) is 8.91. The van der Waals surface area contributed by atoms with Crippen molar-refractivity contribution < 1.29 is 19.4 Å². The van der Waals surface area contributed by atoms with Crippen LogP contribution in [0, 0.1) is 0 Å². The molecule has 0 saturated carbocycles. The van der Waals surface area contributed by atoms with Crippen LogP contribution in [0.1, 0.15) is 35.7 Å². The largest absolute Gasteiger partial charge is 0.504 e. The third-order valence-electron chi connectivity index (χ3n) is 6.12. The number of nitrogens with one attached hydrogen (secondary N) is 1. The van der Waals surface area contributed by atoms with Crippen LogP contribution in [0.3, 0.4) is 0 Å². The number of phenols is 1. The molecule has 0 aliphatic rings. The average Bonchev–Trinajstić information content (AvgIpc) is 2.88. The summed E-state index contributed by atoms with van der Waals surface area (Å²) in [6, 6.07) is 24.2. The Labute approximate surface area is 209 Å². The average molecular weight is 479 g/mol. The van der Waals surface area contributed by atoms with E-state index in [0.29, 0.717) is 39.6 Å². The highest BCUT2D eigenvalue weighted by Gasteiger charge is 2.12. The van der Waals surface area contributed by atoms with Gasteiger partial charge in [-0.3, -0.25) is 9.78 Å². The standard InChI is InChI=1S/C30H26N2O4/c1-18(2)20-5-4-6-23(14-20)32-30(34)21-8-7-19-9-10-24(15-22(19)13-21)36-28-11-12-31-26-17-29(35-3)27(33)16-25(26)28/h4-18,33H,1-3H3,(H,32,34). The van der Waals surface area contributed by atoms with Crippen molar-refractivity contribution in [3.8, 4) is 23.0 Å². The third-order valence-corrected chi connectivity index (χ3v) is 6.12. The molecule has 0 saturated heterocycles. The number of carbonyl (C=O) groups is 1.